The Labute approximate surface area is 558 Å². The van der Waals surface area contributed by atoms with Gasteiger partial charge in [-0.1, -0.05) is 53.2 Å². The maximum Gasteiger partial charge on any atom is 0.335 e. The van der Waals surface area contributed by atoms with Gasteiger partial charge in [0.25, 0.3) is 0 Å². The lowest BCUT2D eigenvalue weighted by Crippen LogP contribution is -2.69. The highest BCUT2D eigenvalue weighted by atomic mass is 16.8. The van der Waals surface area contributed by atoms with E-state index in [4.69, 9.17) is 56.8 Å². The molecule has 0 aromatic heterocycles. The summed E-state index contributed by atoms with van der Waals surface area (Å²) in [5, 5.41) is 196. The number of carbonyl (C=O) groups is 3. The fourth-order valence-corrected chi connectivity index (χ4v) is 18.8. The zero-order valence-corrected chi connectivity index (χ0v) is 55.1. The molecule has 0 spiro atoms. The average molecular weight is 1400 g/mol. The van der Waals surface area contributed by atoms with E-state index >= 15 is 4.79 Å². The van der Waals surface area contributed by atoms with E-state index in [1.54, 1.807) is 6.92 Å². The quantitative estimate of drug-likeness (QED) is 0.0296. The van der Waals surface area contributed by atoms with Crippen molar-refractivity contribution < 1.29 is 163 Å². The van der Waals surface area contributed by atoms with Gasteiger partial charge < -0.3 is 154 Å². The molecule has 18 N–H and O–H groups in total. The molecule has 0 bridgehead atoms. The second kappa shape index (κ2) is 28.0. The topological polar surface area (TPSA) is 526 Å². The molecule has 0 amide bonds. The summed E-state index contributed by atoms with van der Waals surface area (Å²) in [5.41, 5.74) is -4.58. The van der Waals surface area contributed by atoms with Crippen molar-refractivity contribution in [2.75, 3.05) is 26.4 Å². The molecule has 6 aliphatic heterocycles. The number of hydrogen-bond donors (Lipinski definition) is 18. The van der Waals surface area contributed by atoms with Gasteiger partial charge in [-0.15, -0.1) is 0 Å². The SMILES string of the molecule is C[C@@H]1O[C@@H](O[C@H]2[C@H](OC(=O)[C@]34CCC(C)(C)C[C@H]3C3=CC[C@@H]5[C@@]6(C)CC[C@H](O[C@@H]7O[C@H](C(=O)O)[C@@H](O)[C@H](O)[C@H]7O[C@@H]7O[C@H](CO)[C@H](O)[C@H](O)[C@H]7O)[C@@](C)(C=O)[C@@H]6CC[C@@]5(C)[C@]3(C)C[C@H]4O)OC[C@H](O)[C@@H]2O)[C@H](O)[C@H](O[C@@H]2O[C@H](CO)[C@@H](O)[C@H](O)[C@H]2O)[C@H]1O[C@@H]1OC[C@@H](O)[C@H](O)[C@H]1O. The Morgan fingerprint density at radius 3 is 1.67 bits per heavy atom. The number of rotatable bonds is 16. The number of carboxylic acids is 1. The first-order chi connectivity index (χ1) is 45.5. The van der Waals surface area contributed by atoms with Gasteiger partial charge >= 0.3 is 11.9 Å². The number of ether oxygens (including phenoxy) is 12. The van der Waals surface area contributed by atoms with Crippen LogP contribution in [0.1, 0.15) is 106 Å². The first-order valence-corrected chi connectivity index (χ1v) is 33.6. The van der Waals surface area contributed by atoms with E-state index in [0.717, 1.165) is 11.9 Å². The molecular formula is C64H100O33. The monoisotopic (exact) mass is 1400 g/mol. The Hall–Kier alpha value is -2.77. The number of hydrogen-bond acceptors (Lipinski definition) is 32. The van der Waals surface area contributed by atoms with Gasteiger partial charge in [0.2, 0.25) is 6.29 Å². The van der Waals surface area contributed by atoms with Gasteiger partial charge in [-0.05, 0) is 104 Å². The van der Waals surface area contributed by atoms with Crippen LogP contribution >= 0.6 is 0 Å². The third kappa shape index (κ3) is 12.7. The van der Waals surface area contributed by atoms with Crippen LogP contribution in [-0.2, 0) is 71.2 Å². The molecule has 554 valence electrons. The van der Waals surface area contributed by atoms with Crippen LogP contribution < -0.4 is 0 Å². The van der Waals surface area contributed by atoms with Gasteiger partial charge in [0.1, 0.15) is 128 Å². The minimum atomic E-state index is -2.12. The standard InChI is InChI=1S/C64H100O33/c1-23-46(92-52-42(79)34(71)26(68)20-86-52)47(93-53-43(80)38(75)36(73)28(18-65)89-53)45(82)55(88-23)95-49-35(72)27(69)21-87-56(49)97-58(85)64-15-14-59(2,3)16-25(64)24-8-9-31-60(4)12-11-33(61(5,22-67)30(60)10-13-62(31,6)63(24,7)17-32(64)70)91-57-50(41(78)40(77)48(94-57)51(83)84)96-54-44(81)39(76)37(74)29(19-66)90-54/h8,22-23,25-50,52-57,65-66,68-82H,9-21H2,1-7H3,(H,83,84)/t23-,25-,26+,27-,28+,29+,30+,31+,32+,33-,34-,35-,36+,37-,38-,39-,40-,41-,42+,43+,44+,45+,46-,47-,48-,49+,50+,52-,53-,54-,55-,56-,57+,60-,61-,62+,63+,64+/m0/s1. The molecule has 38 atom stereocenters. The summed E-state index contributed by atoms with van der Waals surface area (Å²) in [6.45, 7) is 10.8. The fourth-order valence-electron chi connectivity index (χ4n) is 18.8. The number of aliphatic hydroxyl groups is 17. The highest BCUT2D eigenvalue weighted by molar-refractivity contribution is 5.80. The third-order valence-electron chi connectivity index (χ3n) is 24.8. The summed E-state index contributed by atoms with van der Waals surface area (Å²) in [6.07, 6.45) is -47.7. The molecule has 33 nitrogen and oxygen atoms in total. The summed E-state index contributed by atoms with van der Waals surface area (Å²) in [4.78, 5) is 42.1. The molecule has 4 saturated carbocycles. The molecule has 0 aromatic rings. The highest BCUT2D eigenvalue weighted by Gasteiger charge is 2.73. The van der Waals surface area contributed by atoms with Gasteiger partial charge in [0.15, 0.2) is 43.7 Å². The maximum atomic E-state index is 15.7. The molecule has 6 saturated heterocycles. The molecule has 0 unspecified atom stereocenters. The van der Waals surface area contributed by atoms with Gasteiger partial charge in [-0.25, -0.2) is 4.79 Å². The van der Waals surface area contributed by atoms with Crippen molar-refractivity contribution in [2.24, 2.45) is 50.2 Å². The number of carboxylic acid groups (broad SMARTS) is 1. The van der Waals surface area contributed by atoms with Crippen LogP contribution in [-0.4, -0.2) is 321 Å². The first-order valence-electron chi connectivity index (χ1n) is 33.6. The first kappa shape index (κ1) is 75.4. The fraction of sp³-hybridized carbons (Fsp3) is 0.922. The lowest BCUT2D eigenvalue weighted by Gasteiger charge is -2.71. The molecule has 97 heavy (non-hydrogen) atoms. The Kier molecular flexibility index (Phi) is 21.8. The second-order valence-electron chi connectivity index (χ2n) is 30.8. The largest absolute Gasteiger partial charge is 0.479 e. The molecule has 0 radical (unpaired) electrons. The molecule has 33 heteroatoms. The van der Waals surface area contributed by atoms with E-state index < -0.39 is 267 Å². The Bertz CT molecular complexity index is 2820. The summed E-state index contributed by atoms with van der Waals surface area (Å²) in [6, 6.07) is 0. The molecule has 6 heterocycles. The summed E-state index contributed by atoms with van der Waals surface area (Å²) < 4.78 is 71.7. The van der Waals surface area contributed by atoms with Crippen molar-refractivity contribution in [3.8, 4) is 0 Å². The second-order valence-corrected chi connectivity index (χ2v) is 30.8. The summed E-state index contributed by atoms with van der Waals surface area (Å²) >= 11 is 0. The van der Waals surface area contributed by atoms with Gasteiger partial charge in [0, 0.05) is 0 Å². The minimum absolute atomic E-state index is 0.0530. The van der Waals surface area contributed by atoms with Gasteiger partial charge in [0.05, 0.1) is 50.2 Å². The highest BCUT2D eigenvalue weighted by Crippen LogP contribution is 2.76. The number of aliphatic hydroxyl groups excluding tert-OH is 17. The van der Waals surface area contributed by atoms with E-state index in [1.165, 1.54) is 6.92 Å². The normalized spacial score (nSPS) is 54.6. The summed E-state index contributed by atoms with van der Waals surface area (Å²) in [7, 11) is 0. The van der Waals surface area contributed by atoms with E-state index in [9.17, 15) is 102 Å². The van der Waals surface area contributed by atoms with Crippen LogP contribution in [0.2, 0.25) is 0 Å². The van der Waals surface area contributed by atoms with Crippen LogP contribution in [0, 0.1) is 50.2 Å². The molecule has 11 rings (SSSR count). The minimum Gasteiger partial charge on any atom is -0.479 e. The predicted octanol–water partition coefficient (Wildman–Crippen LogP) is -5.84. The molecule has 11 aliphatic rings. The van der Waals surface area contributed by atoms with Crippen LogP contribution in [0.5, 0.6) is 0 Å². The summed E-state index contributed by atoms with van der Waals surface area (Å²) in [5.74, 6) is -3.87. The van der Waals surface area contributed by atoms with Crippen LogP contribution in [0.4, 0.5) is 0 Å². The maximum absolute atomic E-state index is 15.7. The van der Waals surface area contributed by atoms with Crippen molar-refractivity contribution in [1.29, 1.82) is 0 Å². The molecule has 0 aromatic carbocycles. The van der Waals surface area contributed by atoms with Crippen LogP contribution in [0.25, 0.3) is 0 Å². The van der Waals surface area contributed by atoms with Crippen molar-refractivity contribution in [3.63, 3.8) is 0 Å². The number of carbonyl (C=O) groups excluding carboxylic acids is 2. The van der Waals surface area contributed by atoms with E-state index in [-0.39, 0.29) is 25.2 Å². The molecule has 5 aliphatic carbocycles. The van der Waals surface area contributed by atoms with E-state index in [0.29, 0.717) is 38.5 Å². The number of aliphatic carboxylic acids is 1. The van der Waals surface area contributed by atoms with Crippen molar-refractivity contribution in [2.45, 2.75) is 290 Å². The van der Waals surface area contributed by atoms with E-state index in [1.807, 2.05) is 0 Å². The van der Waals surface area contributed by atoms with Crippen molar-refractivity contribution in [1.82, 2.24) is 0 Å². The number of esters is 1. The zero-order chi connectivity index (χ0) is 70.9. The Balaban J connectivity index is 0.847. The van der Waals surface area contributed by atoms with Crippen LogP contribution in [0.15, 0.2) is 11.6 Å². The lowest BCUT2D eigenvalue weighted by atomic mass is 9.33. The van der Waals surface area contributed by atoms with Crippen molar-refractivity contribution >= 4 is 18.2 Å². The Morgan fingerprint density at radius 2 is 1.08 bits per heavy atom. The lowest BCUT2D eigenvalue weighted by molar-refractivity contribution is -0.392. The molecule has 10 fully saturated rings. The smallest absolute Gasteiger partial charge is 0.335 e. The van der Waals surface area contributed by atoms with Gasteiger partial charge in [-0.3, -0.25) is 4.79 Å². The number of fused-ring (bicyclic) bond motifs is 7. The van der Waals surface area contributed by atoms with Crippen molar-refractivity contribution in [3.05, 3.63) is 11.6 Å². The number of aldehydes is 1. The number of allylic oxidation sites excluding steroid dienone is 2. The average Bonchev–Trinajstić information content (AvgIpc) is 0.671. The predicted molar refractivity (Wildman–Crippen MR) is 317 cm³/mol. The van der Waals surface area contributed by atoms with Crippen LogP contribution in [0.3, 0.4) is 0 Å². The van der Waals surface area contributed by atoms with Gasteiger partial charge in [-0.2, -0.15) is 0 Å². The van der Waals surface area contributed by atoms with E-state index in [2.05, 4.69) is 40.7 Å². The third-order valence-corrected chi connectivity index (χ3v) is 24.8. The Morgan fingerprint density at radius 1 is 0.536 bits per heavy atom. The molecular weight excluding hydrogens is 1300 g/mol. The zero-order valence-electron chi connectivity index (χ0n) is 55.1.